The summed E-state index contributed by atoms with van der Waals surface area (Å²) in [5, 5.41) is 12.7. The van der Waals surface area contributed by atoms with E-state index in [4.69, 9.17) is 0 Å². The summed E-state index contributed by atoms with van der Waals surface area (Å²) in [5.74, 6) is 0. The number of aliphatic hydroxyl groups is 1. The zero-order chi connectivity index (χ0) is 13.8. The molecule has 0 saturated heterocycles. The molecule has 0 aromatic heterocycles. The second kappa shape index (κ2) is 6.02. The molecule has 18 heavy (non-hydrogen) atoms. The highest BCUT2D eigenvalue weighted by Gasteiger charge is 2.30. The Morgan fingerprint density at radius 2 is 1.89 bits per heavy atom. The highest BCUT2D eigenvalue weighted by molar-refractivity contribution is 5.26. The minimum atomic E-state index is -4.35. The van der Waals surface area contributed by atoms with Crippen LogP contribution in [-0.2, 0) is 6.18 Å². The molecule has 0 amide bonds. The number of alkyl halides is 3. The van der Waals surface area contributed by atoms with Gasteiger partial charge in [-0.25, -0.2) is 0 Å². The smallest absolute Gasteiger partial charge is 0.387 e. The van der Waals surface area contributed by atoms with Crippen LogP contribution >= 0.6 is 0 Å². The molecule has 0 aliphatic rings. The van der Waals surface area contributed by atoms with E-state index in [1.54, 1.807) is 0 Å². The van der Waals surface area contributed by atoms with Crippen molar-refractivity contribution in [2.75, 3.05) is 13.1 Å². The van der Waals surface area contributed by atoms with Gasteiger partial charge in [-0.3, -0.25) is 0 Å². The average Bonchev–Trinajstić information content (AvgIpc) is 2.27. The fraction of sp³-hybridized carbons (Fsp3) is 0.385. The largest absolute Gasteiger partial charge is 0.416 e. The third-order valence-electron chi connectivity index (χ3n) is 2.39. The molecule has 1 unspecified atom stereocenters. The molecule has 0 saturated carbocycles. The molecule has 2 N–H and O–H groups in total. The third-order valence-corrected chi connectivity index (χ3v) is 2.39. The maximum Gasteiger partial charge on any atom is 0.416 e. The van der Waals surface area contributed by atoms with Crippen molar-refractivity contribution >= 4 is 0 Å². The molecule has 0 heterocycles. The van der Waals surface area contributed by atoms with Crippen LogP contribution < -0.4 is 5.32 Å². The van der Waals surface area contributed by atoms with Crippen LogP contribution in [0.1, 0.15) is 24.2 Å². The minimum absolute atomic E-state index is 0.276. The first-order valence-electron chi connectivity index (χ1n) is 5.51. The van der Waals surface area contributed by atoms with Crippen LogP contribution in [0.25, 0.3) is 0 Å². The molecular formula is C13H16F3NO. The van der Waals surface area contributed by atoms with E-state index in [0.29, 0.717) is 12.1 Å². The lowest BCUT2D eigenvalue weighted by Gasteiger charge is -2.13. The first-order valence-corrected chi connectivity index (χ1v) is 5.51. The van der Waals surface area contributed by atoms with Gasteiger partial charge in [-0.2, -0.15) is 13.2 Å². The van der Waals surface area contributed by atoms with Crippen molar-refractivity contribution in [1.29, 1.82) is 0 Å². The van der Waals surface area contributed by atoms with E-state index >= 15 is 0 Å². The van der Waals surface area contributed by atoms with E-state index in [0.717, 1.165) is 17.7 Å². The maximum absolute atomic E-state index is 12.3. The number of hydrogen-bond donors (Lipinski definition) is 2. The number of aliphatic hydroxyl groups excluding tert-OH is 1. The van der Waals surface area contributed by atoms with Crippen molar-refractivity contribution in [3.05, 3.63) is 47.5 Å². The molecule has 0 fully saturated rings. The van der Waals surface area contributed by atoms with E-state index < -0.39 is 17.8 Å². The lowest BCUT2D eigenvalue weighted by atomic mass is 10.1. The van der Waals surface area contributed by atoms with Crippen LogP contribution in [-0.4, -0.2) is 18.2 Å². The van der Waals surface area contributed by atoms with Crippen molar-refractivity contribution in [3.8, 4) is 0 Å². The quantitative estimate of drug-likeness (QED) is 0.797. The lowest BCUT2D eigenvalue weighted by Crippen LogP contribution is -2.23. The number of halogens is 3. The van der Waals surface area contributed by atoms with Gasteiger partial charge in [0.05, 0.1) is 11.7 Å². The first-order chi connectivity index (χ1) is 8.30. The Kier molecular flexibility index (Phi) is 4.93. The van der Waals surface area contributed by atoms with Gasteiger partial charge >= 0.3 is 6.18 Å². The molecule has 1 rings (SSSR count). The Labute approximate surface area is 104 Å². The summed E-state index contributed by atoms with van der Waals surface area (Å²) in [4.78, 5) is 0. The Bertz CT molecular complexity index is 398. The van der Waals surface area contributed by atoms with Gasteiger partial charge in [0.15, 0.2) is 0 Å². The third kappa shape index (κ3) is 4.50. The molecule has 0 aliphatic heterocycles. The van der Waals surface area contributed by atoms with E-state index in [2.05, 4.69) is 11.9 Å². The zero-order valence-corrected chi connectivity index (χ0v) is 10.1. The molecule has 1 aromatic carbocycles. The zero-order valence-electron chi connectivity index (χ0n) is 10.1. The molecule has 1 atom stereocenters. The predicted molar refractivity (Wildman–Crippen MR) is 64.1 cm³/mol. The molecule has 5 heteroatoms. The van der Waals surface area contributed by atoms with Crippen LogP contribution in [0.15, 0.2) is 36.4 Å². The summed E-state index contributed by atoms with van der Waals surface area (Å²) in [6.45, 7) is 6.38. The Morgan fingerprint density at radius 3 is 2.33 bits per heavy atom. The van der Waals surface area contributed by atoms with E-state index in [-0.39, 0.29) is 6.54 Å². The minimum Gasteiger partial charge on any atom is -0.387 e. The molecule has 2 nitrogen and oxygen atoms in total. The predicted octanol–water partition coefficient (Wildman–Crippen LogP) is 2.90. The summed E-state index contributed by atoms with van der Waals surface area (Å²) >= 11 is 0. The summed E-state index contributed by atoms with van der Waals surface area (Å²) in [6.07, 6.45) is -5.17. The summed E-state index contributed by atoms with van der Waals surface area (Å²) in [6, 6.07) is 4.51. The van der Waals surface area contributed by atoms with Gasteiger partial charge in [-0.05, 0) is 24.6 Å². The average molecular weight is 259 g/mol. The highest BCUT2D eigenvalue weighted by atomic mass is 19.4. The number of hydrogen-bond acceptors (Lipinski definition) is 2. The SMILES string of the molecule is C=C(C)CNCC(O)c1ccc(C(F)(F)F)cc1. The van der Waals surface area contributed by atoms with Crippen LogP contribution in [0.3, 0.4) is 0 Å². The van der Waals surface area contributed by atoms with Crippen LogP contribution in [0.4, 0.5) is 13.2 Å². The second-order valence-electron chi connectivity index (χ2n) is 4.22. The van der Waals surface area contributed by atoms with E-state index in [1.807, 2.05) is 6.92 Å². The monoisotopic (exact) mass is 259 g/mol. The molecule has 0 aliphatic carbocycles. The van der Waals surface area contributed by atoms with Gasteiger partial charge in [-0.1, -0.05) is 24.3 Å². The summed E-state index contributed by atoms with van der Waals surface area (Å²) in [7, 11) is 0. The van der Waals surface area contributed by atoms with Gasteiger partial charge in [0.2, 0.25) is 0 Å². The van der Waals surface area contributed by atoms with Gasteiger partial charge in [0, 0.05) is 13.1 Å². The summed E-state index contributed by atoms with van der Waals surface area (Å²) < 4.78 is 37.0. The molecule has 1 aromatic rings. The number of rotatable bonds is 5. The van der Waals surface area contributed by atoms with Crippen molar-refractivity contribution in [1.82, 2.24) is 5.32 Å². The standard InChI is InChI=1S/C13H16F3NO/c1-9(2)7-17-8-12(18)10-3-5-11(6-4-10)13(14,15)16/h3-6,12,17-18H,1,7-8H2,2H3. The fourth-order valence-electron chi connectivity index (χ4n) is 1.43. The number of benzene rings is 1. The van der Waals surface area contributed by atoms with Gasteiger partial charge < -0.3 is 10.4 Å². The molecule has 0 spiro atoms. The number of nitrogens with one attached hydrogen (secondary N) is 1. The van der Waals surface area contributed by atoms with Gasteiger partial charge in [-0.15, -0.1) is 0 Å². The van der Waals surface area contributed by atoms with Crippen LogP contribution in [0.2, 0.25) is 0 Å². The Balaban J connectivity index is 2.59. The van der Waals surface area contributed by atoms with Gasteiger partial charge in [0.1, 0.15) is 0 Å². The van der Waals surface area contributed by atoms with Crippen molar-refractivity contribution < 1.29 is 18.3 Å². The van der Waals surface area contributed by atoms with E-state index in [9.17, 15) is 18.3 Å². The normalized spacial score (nSPS) is 13.4. The molecule has 0 bridgehead atoms. The summed E-state index contributed by atoms with van der Waals surface area (Å²) in [5.41, 5.74) is 0.667. The highest BCUT2D eigenvalue weighted by Crippen LogP contribution is 2.29. The van der Waals surface area contributed by atoms with E-state index in [1.165, 1.54) is 12.1 Å². The second-order valence-corrected chi connectivity index (χ2v) is 4.22. The first kappa shape index (κ1) is 14.7. The molecule has 100 valence electrons. The van der Waals surface area contributed by atoms with Crippen LogP contribution in [0, 0.1) is 0 Å². The van der Waals surface area contributed by atoms with Crippen molar-refractivity contribution in [2.24, 2.45) is 0 Å². The van der Waals surface area contributed by atoms with Gasteiger partial charge in [0.25, 0.3) is 0 Å². The topological polar surface area (TPSA) is 32.3 Å². The molecular weight excluding hydrogens is 243 g/mol. The maximum atomic E-state index is 12.3. The van der Waals surface area contributed by atoms with Crippen molar-refractivity contribution in [3.63, 3.8) is 0 Å². The molecule has 0 radical (unpaired) electrons. The van der Waals surface area contributed by atoms with Crippen molar-refractivity contribution in [2.45, 2.75) is 19.2 Å². The Hall–Kier alpha value is -1.33. The fourth-order valence-corrected chi connectivity index (χ4v) is 1.43. The lowest BCUT2D eigenvalue weighted by molar-refractivity contribution is -0.137. The van der Waals surface area contributed by atoms with Crippen LogP contribution in [0.5, 0.6) is 0 Å². The Morgan fingerprint density at radius 1 is 1.33 bits per heavy atom.